The molecule has 0 unspecified atom stereocenters. The summed E-state index contributed by atoms with van der Waals surface area (Å²) in [5, 5.41) is 5.26. The van der Waals surface area contributed by atoms with Gasteiger partial charge in [-0.25, -0.2) is 4.98 Å². The number of benzene rings is 3. The van der Waals surface area contributed by atoms with Gasteiger partial charge in [-0.2, -0.15) is 0 Å². The lowest BCUT2D eigenvalue weighted by atomic mass is 10.0. The van der Waals surface area contributed by atoms with E-state index in [0.29, 0.717) is 11.6 Å². The number of pyridine rings is 1. The fraction of sp³-hybridized carbons (Fsp3) is 0.160. The molecular weight excluding hydrogens is 396 g/mol. The smallest absolute Gasteiger partial charge is 0.124 e. The van der Waals surface area contributed by atoms with Crippen molar-refractivity contribution in [2.75, 3.05) is 19.5 Å². The number of anilines is 1. The fourth-order valence-corrected chi connectivity index (χ4v) is 3.74. The fourth-order valence-electron chi connectivity index (χ4n) is 3.52. The summed E-state index contributed by atoms with van der Waals surface area (Å²) in [6.45, 7) is 2.65. The zero-order valence-electron chi connectivity index (χ0n) is 17.2. The van der Waals surface area contributed by atoms with Crippen molar-refractivity contribution < 1.29 is 9.47 Å². The van der Waals surface area contributed by atoms with Crippen LogP contribution < -0.4 is 14.8 Å². The number of rotatable bonds is 6. The minimum Gasteiger partial charge on any atom is -0.497 e. The Labute approximate surface area is 181 Å². The van der Waals surface area contributed by atoms with Crippen molar-refractivity contribution in [3.63, 3.8) is 0 Å². The van der Waals surface area contributed by atoms with E-state index in [4.69, 9.17) is 26.1 Å². The summed E-state index contributed by atoms with van der Waals surface area (Å²) in [4.78, 5) is 5.01. The first-order chi connectivity index (χ1) is 14.6. The molecule has 1 heterocycles. The number of aryl methyl sites for hydroxylation is 1. The molecule has 0 spiro atoms. The van der Waals surface area contributed by atoms with Crippen molar-refractivity contribution in [3.05, 3.63) is 82.9 Å². The van der Waals surface area contributed by atoms with E-state index in [9.17, 15) is 0 Å². The van der Waals surface area contributed by atoms with Gasteiger partial charge in [0.25, 0.3) is 0 Å². The Morgan fingerprint density at radius 1 is 0.900 bits per heavy atom. The van der Waals surface area contributed by atoms with E-state index in [1.54, 1.807) is 14.2 Å². The predicted octanol–water partition coefficient (Wildman–Crippen LogP) is 6.49. The number of hydrogen-bond acceptors (Lipinski definition) is 4. The standard InChI is InChI=1S/C25H23ClN2O2/c1-16-7-6-8-17-11-18(15-27-19-12-20(29-2)14-21(13-19)30-3)25(28-24(16)17)22-9-4-5-10-23(22)26/h4-14,27H,15H2,1-3H3. The second kappa shape index (κ2) is 8.64. The maximum Gasteiger partial charge on any atom is 0.124 e. The Morgan fingerprint density at radius 2 is 1.63 bits per heavy atom. The van der Waals surface area contributed by atoms with Crippen molar-refractivity contribution in [3.8, 4) is 22.8 Å². The van der Waals surface area contributed by atoms with Gasteiger partial charge < -0.3 is 14.8 Å². The first-order valence-corrected chi connectivity index (χ1v) is 10.1. The highest BCUT2D eigenvalue weighted by molar-refractivity contribution is 6.33. The molecule has 3 aromatic carbocycles. The Balaban J connectivity index is 1.78. The van der Waals surface area contributed by atoms with E-state index >= 15 is 0 Å². The minimum atomic E-state index is 0.577. The SMILES string of the molecule is COc1cc(NCc2cc3cccc(C)c3nc2-c2ccccc2Cl)cc(OC)c1. The summed E-state index contributed by atoms with van der Waals surface area (Å²) in [7, 11) is 3.29. The number of ether oxygens (including phenoxy) is 2. The van der Waals surface area contributed by atoms with Crippen LogP contribution in [0.2, 0.25) is 5.02 Å². The van der Waals surface area contributed by atoms with Crippen molar-refractivity contribution in [1.29, 1.82) is 0 Å². The average Bonchev–Trinajstić information content (AvgIpc) is 2.77. The maximum atomic E-state index is 6.52. The van der Waals surface area contributed by atoms with Crippen LogP contribution in [-0.4, -0.2) is 19.2 Å². The lowest BCUT2D eigenvalue weighted by Crippen LogP contribution is -2.04. The highest BCUT2D eigenvalue weighted by Gasteiger charge is 2.13. The summed E-state index contributed by atoms with van der Waals surface area (Å²) in [5.74, 6) is 1.46. The Morgan fingerprint density at radius 3 is 2.33 bits per heavy atom. The second-order valence-corrected chi connectivity index (χ2v) is 7.48. The molecule has 4 rings (SSSR count). The van der Waals surface area contributed by atoms with Crippen LogP contribution in [0.25, 0.3) is 22.2 Å². The Bertz CT molecular complexity index is 1180. The number of methoxy groups -OCH3 is 2. The molecule has 1 aromatic heterocycles. The number of aromatic nitrogens is 1. The third kappa shape index (κ3) is 4.05. The minimum absolute atomic E-state index is 0.577. The highest BCUT2D eigenvalue weighted by atomic mass is 35.5. The van der Waals surface area contributed by atoms with Gasteiger partial charge in [0, 0.05) is 46.4 Å². The topological polar surface area (TPSA) is 43.4 Å². The van der Waals surface area contributed by atoms with Crippen molar-refractivity contribution in [2.24, 2.45) is 0 Å². The molecule has 0 atom stereocenters. The van der Waals surface area contributed by atoms with Crippen molar-refractivity contribution in [1.82, 2.24) is 4.98 Å². The molecule has 0 amide bonds. The molecule has 0 saturated heterocycles. The molecule has 0 aliphatic heterocycles. The molecule has 4 nitrogen and oxygen atoms in total. The third-order valence-corrected chi connectivity index (χ3v) is 5.42. The summed E-state index contributed by atoms with van der Waals surface area (Å²) >= 11 is 6.52. The largest absolute Gasteiger partial charge is 0.497 e. The first-order valence-electron chi connectivity index (χ1n) is 9.70. The molecule has 30 heavy (non-hydrogen) atoms. The summed E-state index contributed by atoms with van der Waals surface area (Å²) in [6.07, 6.45) is 0. The normalized spacial score (nSPS) is 10.8. The van der Waals surface area contributed by atoms with Gasteiger partial charge in [0.1, 0.15) is 11.5 Å². The van der Waals surface area contributed by atoms with Crippen LogP contribution in [0.15, 0.2) is 66.7 Å². The first kappa shape index (κ1) is 20.0. The Hall–Kier alpha value is -3.24. The van der Waals surface area contributed by atoms with Crippen LogP contribution >= 0.6 is 11.6 Å². The third-order valence-electron chi connectivity index (χ3n) is 5.09. The van der Waals surface area contributed by atoms with Crippen molar-refractivity contribution >= 4 is 28.2 Å². The number of hydrogen-bond donors (Lipinski definition) is 1. The van der Waals surface area contributed by atoms with E-state index in [1.165, 1.54) is 0 Å². The van der Waals surface area contributed by atoms with Crippen LogP contribution in [0.4, 0.5) is 5.69 Å². The number of halogens is 1. The zero-order valence-corrected chi connectivity index (χ0v) is 18.0. The molecule has 0 bridgehead atoms. The summed E-state index contributed by atoms with van der Waals surface area (Å²) < 4.78 is 10.8. The number of fused-ring (bicyclic) bond motifs is 1. The molecule has 4 aromatic rings. The van der Waals surface area contributed by atoms with Crippen LogP contribution in [0.5, 0.6) is 11.5 Å². The van der Waals surface area contributed by atoms with Gasteiger partial charge >= 0.3 is 0 Å². The average molecular weight is 419 g/mol. The monoisotopic (exact) mass is 418 g/mol. The molecule has 0 radical (unpaired) electrons. The van der Waals surface area contributed by atoms with E-state index in [1.807, 2.05) is 42.5 Å². The molecule has 0 aliphatic carbocycles. The molecule has 0 aliphatic rings. The van der Waals surface area contributed by atoms with Crippen LogP contribution in [0, 0.1) is 6.92 Å². The van der Waals surface area contributed by atoms with Gasteiger partial charge in [-0.15, -0.1) is 0 Å². The molecule has 0 saturated carbocycles. The van der Waals surface area contributed by atoms with Crippen LogP contribution in [0.3, 0.4) is 0 Å². The van der Waals surface area contributed by atoms with Gasteiger partial charge in [-0.05, 0) is 30.2 Å². The van der Waals surface area contributed by atoms with Gasteiger partial charge in [-0.1, -0.05) is 48.0 Å². The van der Waals surface area contributed by atoms with E-state index in [-0.39, 0.29) is 0 Å². The number of nitrogens with zero attached hydrogens (tertiary/aromatic N) is 1. The molecule has 1 N–H and O–H groups in total. The second-order valence-electron chi connectivity index (χ2n) is 7.08. The van der Waals surface area contributed by atoms with Gasteiger partial charge in [0.2, 0.25) is 0 Å². The number of para-hydroxylation sites is 1. The molecule has 152 valence electrons. The van der Waals surface area contributed by atoms with Crippen LogP contribution in [0.1, 0.15) is 11.1 Å². The van der Waals surface area contributed by atoms with E-state index < -0.39 is 0 Å². The van der Waals surface area contributed by atoms with Crippen LogP contribution in [-0.2, 0) is 6.54 Å². The maximum absolute atomic E-state index is 6.52. The molecular formula is C25H23ClN2O2. The molecule has 0 fully saturated rings. The predicted molar refractivity (Wildman–Crippen MR) is 124 cm³/mol. The molecule has 5 heteroatoms. The lowest BCUT2D eigenvalue weighted by Gasteiger charge is -2.15. The van der Waals surface area contributed by atoms with E-state index in [0.717, 1.165) is 50.5 Å². The van der Waals surface area contributed by atoms with Gasteiger partial charge in [0.05, 0.1) is 25.4 Å². The summed E-state index contributed by atoms with van der Waals surface area (Å²) in [5.41, 5.74) is 5.88. The lowest BCUT2D eigenvalue weighted by molar-refractivity contribution is 0.394. The number of nitrogens with one attached hydrogen (secondary N) is 1. The van der Waals surface area contributed by atoms with Gasteiger partial charge in [0.15, 0.2) is 0 Å². The van der Waals surface area contributed by atoms with Gasteiger partial charge in [-0.3, -0.25) is 0 Å². The highest BCUT2D eigenvalue weighted by Crippen LogP contribution is 2.33. The Kier molecular flexibility index (Phi) is 5.77. The summed E-state index contributed by atoms with van der Waals surface area (Å²) in [6, 6.07) is 21.9. The van der Waals surface area contributed by atoms with E-state index in [2.05, 4.69) is 36.5 Å². The van der Waals surface area contributed by atoms with Crippen molar-refractivity contribution in [2.45, 2.75) is 13.5 Å². The quantitative estimate of drug-likeness (QED) is 0.388. The zero-order chi connectivity index (χ0) is 21.1.